The highest BCUT2D eigenvalue weighted by atomic mass is 32.2. The van der Waals surface area contributed by atoms with E-state index in [4.69, 9.17) is 0 Å². The van der Waals surface area contributed by atoms with Crippen LogP contribution in [0.4, 0.5) is 5.69 Å². The molecule has 102 valence electrons. The smallest absolute Gasteiger partial charge is 0.232 e. The highest BCUT2D eigenvalue weighted by Gasteiger charge is 2.09. The second kappa shape index (κ2) is 8.05. The average Bonchev–Trinajstić information content (AvgIpc) is 2.34. The Balaban J connectivity index is 2.24. The van der Waals surface area contributed by atoms with Crippen LogP contribution >= 0.6 is 0 Å². The first kappa shape index (κ1) is 14.9. The Morgan fingerprint density at radius 1 is 1.17 bits per heavy atom. The van der Waals surface area contributed by atoms with Gasteiger partial charge in [-0.1, -0.05) is 6.92 Å². The fourth-order valence-corrected chi connectivity index (χ4v) is 2.68. The van der Waals surface area contributed by atoms with E-state index in [9.17, 15) is 8.42 Å². The van der Waals surface area contributed by atoms with Crippen molar-refractivity contribution >= 4 is 15.7 Å². The summed E-state index contributed by atoms with van der Waals surface area (Å²) in [6.07, 6.45) is 5.76. The van der Waals surface area contributed by atoms with Crippen LogP contribution < -0.4 is 10.0 Å². The first-order chi connectivity index (χ1) is 8.64. The summed E-state index contributed by atoms with van der Waals surface area (Å²) in [4.78, 5) is 3.84. The third-order valence-corrected chi connectivity index (χ3v) is 3.77. The van der Waals surface area contributed by atoms with Crippen molar-refractivity contribution in [3.63, 3.8) is 0 Å². The number of unbranched alkanes of at least 4 members (excludes halogenated alkanes) is 1. The molecular formula is C12H21N3O2S. The molecule has 0 saturated heterocycles. The molecule has 6 heteroatoms. The van der Waals surface area contributed by atoms with Gasteiger partial charge in [-0.15, -0.1) is 0 Å². The second-order valence-corrected chi connectivity index (χ2v) is 5.96. The van der Waals surface area contributed by atoms with E-state index in [-0.39, 0.29) is 5.75 Å². The van der Waals surface area contributed by atoms with E-state index < -0.39 is 10.0 Å². The van der Waals surface area contributed by atoms with Crippen LogP contribution in [0, 0.1) is 0 Å². The Bertz CT molecular complexity index is 420. The normalized spacial score (nSPS) is 11.4. The molecule has 2 N–H and O–H groups in total. The lowest BCUT2D eigenvalue weighted by molar-refractivity contribution is 0.590. The van der Waals surface area contributed by atoms with Gasteiger partial charge in [0.25, 0.3) is 0 Å². The van der Waals surface area contributed by atoms with Crippen LogP contribution in [0.25, 0.3) is 0 Å². The van der Waals surface area contributed by atoms with Crippen LogP contribution in [0.5, 0.6) is 0 Å². The van der Waals surface area contributed by atoms with E-state index in [1.807, 2.05) is 0 Å². The number of nitrogens with zero attached hydrogens (tertiary/aromatic N) is 1. The molecule has 0 fully saturated rings. The predicted molar refractivity (Wildman–Crippen MR) is 74.0 cm³/mol. The van der Waals surface area contributed by atoms with Crippen LogP contribution in [-0.4, -0.2) is 32.2 Å². The van der Waals surface area contributed by atoms with Gasteiger partial charge in [-0.05, 0) is 44.5 Å². The summed E-state index contributed by atoms with van der Waals surface area (Å²) < 4.78 is 26.0. The number of pyridine rings is 1. The van der Waals surface area contributed by atoms with Crippen LogP contribution in [0.3, 0.4) is 0 Å². The average molecular weight is 271 g/mol. The summed E-state index contributed by atoms with van der Waals surface area (Å²) in [6, 6.07) is 3.28. The van der Waals surface area contributed by atoms with E-state index in [1.165, 1.54) is 0 Å². The predicted octanol–water partition coefficient (Wildman–Crippen LogP) is 1.60. The molecule has 0 aliphatic carbocycles. The van der Waals surface area contributed by atoms with E-state index >= 15 is 0 Å². The Hall–Kier alpha value is -1.14. The van der Waals surface area contributed by atoms with Gasteiger partial charge in [-0.3, -0.25) is 9.71 Å². The number of rotatable bonds is 9. The molecule has 5 nitrogen and oxygen atoms in total. The molecule has 0 atom stereocenters. The molecule has 18 heavy (non-hydrogen) atoms. The fraction of sp³-hybridized carbons (Fsp3) is 0.583. The van der Waals surface area contributed by atoms with Crippen molar-refractivity contribution in [3.05, 3.63) is 24.5 Å². The Morgan fingerprint density at radius 2 is 1.89 bits per heavy atom. The van der Waals surface area contributed by atoms with E-state index in [1.54, 1.807) is 24.5 Å². The number of hydrogen-bond donors (Lipinski definition) is 2. The van der Waals surface area contributed by atoms with Gasteiger partial charge in [0.2, 0.25) is 10.0 Å². The molecule has 1 rings (SSSR count). The lowest BCUT2D eigenvalue weighted by Crippen LogP contribution is -2.19. The standard InChI is InChI=1S/C12H21N3O2S/c1-2-7-13-8-3-4-11-18(16,17)15-12-5-9-14-10-6-12/h5-6,9-10,13H,2-4,7-8,11H2,1H3,(H,14,15). The van der Waals surface area contributed by atoms with Crippen molar-refractivity contribution in [2.45, 2.75) is 26.2 Å². The summed E-state index contributed by atoms with van der Waals surface area (Å²) in [7, 11) is -3.23. The summed E-state index contributed by atoms with van der Waals surface area (Å²) in [5.74, 6) is 0.156. The molecule has 1 aromatic heterocycles. The lowest BCUT2D eigenvalue weighted by Gasteiger charge is -2.07. The summed E-state index contributed by atoms with van der Waals surface area (Å²) >= 11 is 0. The van der Waals surface area contributed by atoms with Crippen molar-refractivity contribution in [3.8, 4) is 0 Å². The summed E-state index contributed by atoms with van der Waals surface area (Å²) in [5.41, 5.74) is 0.564. The maximum absolute atomic E-state index is 11.7. The van der Waals surface area contributed by atoms with Crippen LogP contribution in [-0.2, 0) is 10.0 Å². The minimum absolute atomic E-state index is 0.156. The summed E-state index contributed by atoms with van der Waals surface area (Å²) in [5, 5.41) is 3.25. The molecule has 0 saturated carbocycles. The molecule has 1 heterocycles. The molecule has 0 spiro atoms. The molecule has 1 aromatic rings. The largest absolute Gasteiger partial charge is 0.317 e. The summed E-state index contributed by atoms with van der Waals surface area (Å²) in [6.45, 7) is 3.97. The molecule has 0 aliphatic heterocycles. The number of hydrogen-bond acceptors (Lipinski definition) is 4. The zero-order chi connectivity index (χ0) is 13.3. The fourth-order valence-electron chi connectivity index (χ4n) is 1.49. The highest BCUT2D eigenvalue weighted by molar-refractivity contribution is 7.92. The molecule has 0 radical (unpaired) electrons. The second-order valence-electron chi connectivity index (χ2n) is 4.11. The molecule has 0 aromatic carbocycles. The van der Waals surface area contributed by atoms with Gasteiger partial charge in [0.15, 0.2) is 0 Å². The van der Waals surface area contributed by atoms with Crippen LogP contribution in [0.1, 0.15) is 26.2 Å². The monoisotopic (exact) mass is 271 g/mol. The number of anilines is 1. The maximum atomic E-state index is 11.7. The topological polar surface area (TPSA) is 71.1 Å². The Morgan fingerprint density at radius 3 is 2.56 bits per heavy atom. The molecule has 0 amide bonds. The van der Waals surface area contributed by atoms with E-state index in [0.29, 0.717) is 12.1 Å². The van der Waals surface area contributed by atoms with Crippen molar-refractivity contribution in [1.82, 2.24) is 10.3 Å². The molecule has 0 bridgehead atoms. The molecule has 0 aliphatic rings. The SMILES string of the molecule is CCCNCCCCS(=O)(=O)Nc1ccncc1. The van der Waals surface area contributed by atoms with Gasteiger partial charge in [0.1, 0.15) is 0 Å². The maximum Gasteiger partial charge on any atom is 0.232 e. The van der Waals surface area contributed by atoms with Gasteiger partial charge < -0.3 is 5.32 Å². The quantitative estimate of drug-likeness (QED) is 0.669. The zero-order valence-corrected chi connectivity index (χ0v) is 11.5. The van der Waals surface area contributed by atoms with Gasteiger partial charge in [-0.25, -0.2) is 8.42 Å². The third kappa shape index (κ3) is 6.56. The van der Waals surface area contributed by atoms with Crippen molar-refractivity contribution < 1.29 is 8.42 Å². The van der Waals surface area contributed by atoms with Gasteiger partial charge in [0.05, 0.1) is 11.4 Å². The first-order valence-electron chi connectivity index (χ1n) is 6.25. The van der Waals surface area contributed by atoms with Crippen molar-refractivity contribution in [1.29, 1.82) is 0 Å². The highest BCUT2D eigenvalue weighted by Crippen LogP contribution is 2.07. The number of nitrogens with one attached hydrogen (secondary N) is 2. The molecule has 0 unspecified atom stereocenters. The van der Waals surface area contributed by atoms with E-state index in [0.717, 1.165) is 25.9 Å². The third-order valence-electron chi connectivity index (χ3n) is 2.40. The van der Waals surface area contributed by atoms with Crippen molar-refractivity contribution in [2.24, 2.45) is 0 Å². The van der Waals surface area contributed by atoms with Gasteiger partial charge in [-0.2, -0.15) is 0 Å². The van der Waals surface area contributed by atoms with Gasteiger partial charge in [0, 0.05) is 12.4 Å². The van der Waals surface area contributed by atoms with Crippen LogP contribution in [0.2, 0.25) is 0 Å². The van der Waals surface area contributed by atoms with Crippen LogP contribution in [0.15, 0.2) is 24.5 Å². The Kier molecular flexibility index (Phi) is 6.67. The Labute approximate surface area is 109 Å². The van der Waals surface area contributed by atoms with Crippen molar-refractivity contribution in [2.75, 3.05) is 23.6 Å². The number of sulfonamides is 1. The van der Waals surface area contributed by atoms with E-state index in [2.05, 4.69) is 21.9 Å². The zero-order valence-electron chi connectivity index (χ0n) is 10.7. The lowest BCUT2D eigenvalue weighted by atomic mass is 10.3. The van der Waals surface area contributed by atoms with Gasteiger partial charge >= 0.3 is 0 Å². The number of aromatic nitrogens is 1. The first-order valence-corrected chi connectivity index (χ1v) is 7.90. The minimum atomic E-state index is -3.23. The molecular weight excluding hydrogens is 250 g/mol. The minimum Gasteiger partial charge on any atom is -0.317 e.